The molecule has 1 atom stereocenters. The van der Waals surface area contributed by atoms with Crippen LogP contribution in [0.5, 0.6) is 0 Å². The van der Waals surface area contributed by atoms with Gasteiger partial charge in [-0.25, -0.2) is 15.0 Å². The Labute approximate surface area is 337 Å². The average molecular weight is 746 g/mol. The fourth-order valence-electron chi connectivity index (χ4n) is 8.86. The number of allylic oxidation sites excluding steroid dienone is 1. The summed E-state index contributed by atoms with van der Waals surface area (Å²) >= 11 is 0. The van der Waals surface area contributed by atoms with Crippen molar-refractivity contribution in [2.45, 2.75) is 25.7 Å². The summed E-state index contributed by atoms with van der Waals surface area (Å²) in [6, 6.07) is 62.4. The van der Waals surface area contributed by atoms with E-state index in [2.05, 4.69) is 150 Å². The lowest BCUT2D eigenvalue weighted by Gasteiger charge is -2.31. The summed E-state index contributed by atoms with van der Waals surface area (Å²) in [4.78, 5) is 15.0. The van der Waals surface area contributed by atoms with Crippen molar-refractivity contribution in [3.8, 4) is 45.5 Å². The second-order valence-electron chi connectivity index (χ2n) is 15.6. The van der Waals surface area contributed by atoms with Crippen molar-refractivity contribution in [3.05, 3.63) is 204 Å². The summed E-state index contributed by atoms with van der Waals surface area (Å²) in [5.74, 6) is 1.93. The molecule has 0 N–H and O–H groups in total. The first-order valence-corrected chi connectivity index (χ1v) is 19.9. The maximum absolute atomic E-state index is 5.06. The standard InChI is InChI=1S/C53H39N5/c1-35-24-27-40(28-25-35)57-46-22-11-10-21-43(46)45-30-31-53(2,34-49(45)57)39-26-29-44-42-20-9-12-23-47(42)58(48(44)33-39)41-19-13-18-38(32-41)52-55-50(36-14-5-3-6-15-36)54-51(56-52)37-16-7-4-8-17-37/h3-33H,34H2,1-2H3. The first kappa shape index (κ1) is 33.9. The van der Waals surface area contributed by atoms with Gasteiger partial charge in [-0.3, -0.25) is 0 Å². The molecule has 0 bridgehead atoms. The summed E-state index contributed by atoms with van der Waals surface area (Å²) in [5.41, 5.74) is 13.6. The predicted molar refractivity (Wildman–Crippen MR) is 239 cm³/mol. The third-order valence-electron chi connectivity index (χ3n) is 11.9. The van der Waals surface area contributed by atoms with Crippen molar-refractivity contribution in [1.82, 2.24) is 24.1 Å². The molecule has 1 unspecified atom stereocenters. The van der Waals surface area contributed by atoms with Crippen LogP contribution < -0.4 is 0 Å². The van der Waals surface area contributed by atoms with Crippen molar-refractivity contribution in [2.24, 2.45) is 0 Å². The minimum absolute atomic E-state index is 0.242. The van der Waals surface area contributed by atoms with Crippen LogP contribution in [0, 0.1) is 6.92 Å². The number of benzene rings is 7. The highest BCUT2D eigenvalue weighted by molar-refractivity contribution is 6.09. The lowest BCUT2D eigenvalue weighted by molar-refractivity contribution is 0.573. The Kier molecular flexibility index (Phi) is 7.83. The minimum Gasteiger partial charge on any atom is -0.313 e. The highest BCUT2D eigenvalue weighted by Gasteiger charge is 2.33. The van der Waals surface area contributed by atoms with Crippen LogP contribution in [0.1, 0.15) is 29.3 Å². The maximum atomic E-state index is 5.06. The van der Waals surface area contributed by atoms with Crippen molar-refractivity contribution < 1.29 is 0 Å². The molecule has 0 spiro atoms. The topological polar surface area (TPSA) is 48.5 Å². The van der Waals surface area contributed by atoms with Crippen molar-refractivity contribution in [1.29, 1.82) is 0 Å². The normalized spacial score (nSPS) is 15.0. The van der Waals surface area contributed by atoms with Crippen molar-refractivity contribution >= 4 is 38.8 Å². The molecule has 10 aromatic rings. The van der Waals surface area contributed by atoms with Gasteiger partial charge in [-0.15, -0.1) is 0 Å². The summed E-state index contributed by atoms with van der Waals surface area (Å²) < 4.78 is 4.88. The quantitative estimate of drug-likeness (QED) is 0.170. The largest absolute Gasteiger partial charge is 0.313 e. The van der Waals surface area contributed by atoms with E-state index in [1.807, 2.05) is 60.7 Å². The lowest BCUT2D eigenvalue weighted by Crippen LogP contribution is -2.26. The summed E-state index contributed by atoms with van der Waals surface area (Å²) in [7, 11) is 0. The maximum Gasteiger partial charge on any atom is 0.164 e. The van der Waals surface area contributed by atoms with E-state index in [4.69, 9.17) is 15.0 Å². The highest BCUT2D eigenvalue weighted by Crippen LogP contribution is 2.43. The Morgan fingerprint density at radius 2 is 1.03 bits per heavy atom. The zero-order valence-corrected chi connectivity index (χ0v) is 32.3. The van der Waals surface area contributed by atoms with Gasteiger partial charge in [0.15, 0.2) is 17.5 Å². The Hall–Kier alpha value is -7.37. The van der Waals surface area contributed by atoms with E-state index in [0.29, 0.717) is 17.5 Å². The van der Waals surface area contributed by atoms with Crippen molar-refractivity contribution in [3.63, 3.8) is 0 Å². The number of aryl methyl sites for hydroxylation is 1. The Balaban J connectivity index is 1.05. The van der Waals surface area contributed by atoms with Gasteiger partial charge >= 0.3 is 0 Å². The van der Waals surface area contributed by atoms with Crippen LogP contribution in [0.3, 0.4) is 0 Å². The van der Waals surface area contributed by atoms with Crippen LogP contribution in [0.25, 0.3) is 84.3 Å². The van der Waals surface area contributed by atoms with E-state index in [1.165, 1.54) is 55.3 Å². The zero-order valence-electron chi connectivity index (χ0n) is 32.3. The number of aromatic nitrogens is 5. The van der Waals surface area contributed by atoms with Crippen LogP contribution in [-0.4, -0.2) is 24.1 Å². The molecule has 1 aliphatic rings. The Bertz CT molecular complexity index is 3150. The molecule has 5 nitrogen and oxygen atoms in total. The van der Waals surface area contributed by atoms with E-state index >= 15 is 0 Å². The van der Waals surface area contributed by atoms with Gasteiger partial charge in [0.25, 0.3) is 0 Å². The summed E-state index contributed by atoms with van der Waals surface area (Å²) in [5, 5.41) is 3.73. The van der Waals surface area contributed by atoms with Gasteiger partial charge < -0.3 is 9.13 Å². The molecule has 3 aromatic heterocycles. The van der Waals surface area contributed by atoms with Crippen molar-refractivity contribution in [2.75, 3.05) is 0 Å². The molecule has 0 fully saturated rings. The van der Waals surface area contributed by atoms with E-state index in [-0.39, 0.29) is 5.41 Å². The molecule has 0 amide bonds. The molecule has 276 valence electrons. The van der Waals surface area contributed by atoms with Crippen LogP contribution in [0.2, 0.25) is 0 Å². The third-order valence-corrected chi connectivity index (χ3v) is 11.9. The van der Waals surface area contributed by atoms with Gasteiger partial charge in [-0.1, -0.05) is 158 Å². The van der Waals surface area contributed by atoms with Crippen LogP contribution in [0.4, 0.5) is 0 Å². The molecule has 5 heteroatoms. The number of nitrogens with zero attached hydrogens (tertiary/aromatic N) is 5. The SMILES string of the molecule is Cc1ccc(-n2c3c(c4ccccc42)C=CC(C)(c2ccc4c5ccccc5n(-c5cccc(-c6nc(-c7ccccc7)nc(-c7ccccc7)n6)c5)c4c2)C3)cc1. The van der Waals surface area contributed by atoms with E-state index in [9.17, 15) is 0 Å². The Morgan fingerprint density at radius 3 is 1.72 bits per heavy atom. The number of hydrogen-bond donors (Lipinski definition) is 0. The first-order valence-electron chi connectivity index (χ1n) is 19.9. The lowest BCUT2D eigenvalue weighted by atomic mass is 9.74. The fourth-order valence-corrected chi connectivity index (χ4v) is 8.86. The molecule has 1 aliphatic carbocycles. The molecule has 0 radical (unpaired) electrons. The molecular weight excluding hydrogens is 707 g/mol. The van der Waals surface area contributed by atoms with E-state index < -0.39 is 0 Å². The highest BCUT2D eigenvalue weighted by atomic mass is 15.0. The third kappa shape index (κ3) is 5.58. The summed E-state index contributed by atoms with van der Waals surface area (Å²) in [6.45, 7) is 4.53. The minimum atomic E-state index is -0.242. The summed E-state index contributed by atoms with van der Waals surface area (Å²) in [6.07, 6.45) is 5.65. The van der Waals surface area contributed by atoms with Crippen LogP contribution >= 0.6 is 0 Å². The van der Waals surface area contributed by atoms with Gasteiger partial charge in [0.05, 0.1) is 16.6 Å². The molecule has 7 aromatic carbocycles. The van der Waals surface area contributed by atoms with E-state index in [1.54, 1.807) is 0 Å². The molecule has 11 rings (SSSR count). The second kappa shape index (κ2) is 13.4. The number of hydrogen-bond acceptors (Lipinski definition) is 3. The fraction of sp³-hybridized carbons (Fsp3) is 0.0755. The van der Waals surface area contributed by atoms with Gasteiger partial charge in [0.1, 0.15) is 0 Å². The molecule has 0 saturated heterocycles. The molecular formula is C53H39N5. The number of fused-ring (bicyclic) bond motifs is 6. The van der Waals surface area contributed by atoms with Gasteiger partial charge in [0.2, 0.25) is 0 Å². The predicted octanol–water partition coefficient (Wildman–Crippen LogP) is 12.7. The molecule has 0 aliphatic heterocycles. The average Bonchev–Trinajstić information content (AvgIpc) is 3.79. The molecule has 3 heterocycles. The van der Waals surface area contributed by atoms with E-state index in [0.717, 1.165) is 34.3 Å². The van der Waals surface area contributed by atoms with Gasteiger partial charge in [0, 0.05) is 67.3 Å². The first-order chi connectivity index (χ1) is 28.5. The monoisotopic (exact) mass is 745 g/mol. The number of para-hydroxylation sites is 2. The van der Waals surface area contributed by atoms with Gasteiger partial charge in [-0.2, -0.15) is 0 Å². The zero-order chi connectivity index (χ0) is 38.8. The molecule has 0 saturated carbocycles. The smallest absolute Gasteiger partial charge is 0.164 e. The molecule has 58 heavy (non-hydrogen) atoms. The number of rotatable bonds is 6. The van der Waals surface area contributed by atoms with Crippen LogP contribution in [0.15, 0.2) is 182 Å². The van der Waals surface area contributed by atoms with Gasteiger partial charge in [-0.05, 0) is 55.0 Å². The second-order valence-corrected chi connectivity index (χ2v) is 15.6. The Morgan fingerprint density at radius 1 is 0.466 bits per heavy atom. The van der Waals surface area contributed by atoms with Crippen LogP contribution in [-0.2, 0) is 11.8 Å².